The fraction of sp³-hybridized carbons (Fsp3) is 0.328. The Morgan fingerprint density at radius 2 is 1.55 bits per heavy atom. The number of hydrogen-bond acceptors (Lipinski definition) is 10. The van der Waals surface area contributed by atoms with Crippen molar-refractivity contribution < 1.29 is 33.5 Å². The Morgan fingerprint density at radius 3 is 2.29 bits per heavy atom. The number of oxime groups is 1. The van der Waals surface area contributed by atoms with Gasteiger partial charge in [0.1, 0.15) is 11.4 Å². The van der Waals surface area contributed by atoms with E-state index in [0.717, 1.165) is 113 Å². The maximum atomic E-state index is 13.5. The van der Waals surface area contributed by atoms with Crippen LogP contribution in [-0.4, -0.2) is 82.5 Å². The first kappa shape index (κ1) is 51.9. The average Bonchev–Trinajstić information content (AvgIpc) is 4.37. The van der Waals surface area contributed by atoms with E-state index in [1.165, 1.54) is 31.2 Å². The van der Waals surface area contributed by atoms with Crippen LogP contribution in [0.2, 0.25) is 0 Å². The van der Waals surface area contributed by atoms with Crippen molar-refractivity contribution in [2.75, 3.05) is 30.0 Å². The third-order valence-corrected chi connectivity index (χ3v) is 15.1. The Hall–Kier alpha value is -8.53. The summed E-state index contributed by atoms with van der Waals surface area (Å²) in [4.78, 5) is 66.6. The number of nitrogens with zero attached hydrogens (tertiary/aromatic N) is 6. The molecule has 5 heterocycles. The number of H-pyrrole nitrogens is 1. The number of nitrogens with one attached hydrogen (secondary N) is 2. The average molecular weight is 1040 g/mol. The molecule has 0 bridgehead atoms. The van der Waals surface area contributed by atoms with Crippen LogP contribution < -0.4 is 30.3 Å². The highest BCUT2D eigenvalue weighted by Crippen LogP contribution is 2.38. The van der Waals surface area contributed by atoms with Crippen molar-refractivity contribution in [1.82, 2.24) is 20.1 Å². The third-order valence-electron chi connectivity index (χ3n) is 15.1. The molecule has 2 aromatic heterocycles. The number of para-hydroxylation sites is 3. The van der Waals surface area contributed by atoms with Gasteiger partial charge in [-0.05, 0) is 119 Å². The molecule has 5 aliphatic rings. The van der Waals surface area contributed by atoms with Crippen molar-refractivity contribution in [2.24, 2.45) is 15.9 Å². The number of ether oxygens (including phenoxy) is 2. The van der Waals surface area contributed by atoms with E-state index in [1.54, 1.807) is 25.0 Å². The highest BCUT2D eigenvalue weighted by molar-refractivity contribution is 6.21. The van der Waals surface area contributed by atoms with Crippen LogP contribution in [0.1, 0.15) is 131 Å². The molecule has 4 amide bonds. The Kier molecular flexibility index (Phi) is 15.6. The van der Waals surface area contributed by atoms with Crippen LogP contribution in [0.15, 0.2) is 131 Å². The minimum atomic E-state index is -1.01. The molecule has 0 saturated heterocycles. The van der Waals surface area contributed by atoms with Gasteiger partial charge in [-0.1, -0.05) is 110 Å². The van der Waals surface area contributed by atoms with E-state index in [2.05, 4.69) is 57.0 Å². The second-order valence-corrected chi connectivity index (χ2v) is 20.0. The molecular weight excluding hydrogens is 971 g/mol. The van der Waals surface area contributed by atoms with Gasteiger partial charge in [0.25, 0.3) is 17.7 Å². The van der Waals surface area contributed by atoms with Crippen molar-refractivity contribution in [3.8, 4) is 11.5 Å². The molecule has 5 aromatic carbocycles. The smallest absolute Gasteiger partial charge is 0.430 e. The van der Waals surface area contributed by atoms with Crippen LogP contribution in [0, 0.1) is 6.92 Å². The summed E-state index contributed by atoms with van der Waals surface area (Å²) in [5.74, 6) is 0.905. The number of fused-ring (bicyclic) bond motifs is 2. The summed E-state index contributed by atoms with van der Waals surface area (Å²) < 4.78 is 13.4. The Labute approximate surface area is 448 Å². The van der Waals surface area contributed by atoms with Gasteiger partial charge in [-0.2, -0.15) is 5.10 Å². The molecule has 7 aromatic rings. The minimum absolute atomic E-state index is 0.129. The number of nitrogens with two attached hydrogens (primary N) is 1. The third kappa shape index (κ3) is 11.1. The van der Waals surface area contributed by atoms with E-state index in [-0.39, 0.29) is 23.8 Å². The van der Waals surface area contributed by atoms with Crippen molar-refractivity contribution in [3.05, 3.63) is 172 Å². The summed E-state index contributed by atoms with van der Waals surface area (Å²) in [5, 5.41) is 12.3. The molecule has 16 nitrogen and oxygen atoms in total. The van der Waals surface area contributed by atoms with Crippen molar-refractivity contribution in [3.63, 3.8) is 0 Å². The normalized spacial score (nSPS) is 17.1. The van der Waals surface area contributed by atoms with Gasteiger partial charge in [0.15, 0.2) is 11.5 Å². The summed E-state index contributed by atoms with van der Waals surface area (Å²) in [6.45, 7) is 7.27. The number of carbonyl (C=O) groups is 4. The molecule has 77 heavy (non-hydrogen) atoms. The molecular formula is C61H65N9O7. The molecule has 4 N–H and O–H groups in total. The quantitative estimate of drug-likeness (QED) is 0.0646. The van der Waals surface area contributed by atoms with Crippen molar-refractivity contribution in [2.45, 2.75) is 110 Å². The van der Waals surface area contributed by atoms with E-state index >= 15 is 0 Å². The molecule has 0 spiro atoms. The zero-order valence-corrected chi connectivity index (χ0v) is 44.1. The second-order valence-electron chi connectivity index (χ2n) is 20.0. The number of primary amides is 1. The summed E-state index contributed by atoms with van der Waals surface area (Å²) in [5.41, 5.74) is 17.4. The highest BCUT2D eigenvalue weighted by atomic mass is 16.7. The second kappa shape index (κ2) is 23.2. The lowest BCUT2D eigenvalue weighted by Gasteiger charge is -2.29. The van der Waals surface area contributed by atoms with Crippen LogP contribution in [0.25, 0.3) is 10.9 Å². The fourth-order valence-corrected chi connectivity index (χ4v) is 11.2. The van der Waals surface area contributed by atoms with Crippen LogP contribution in [0.3, 0.4) is 0 Å². The number of aliphatic imine (C=N–C) groups is 1. The summed E-state index contributed by atoms with van der Waals surface area (Å²) >= 11 is 0. The summed E-state index contributed by atoms with van der Waals surface area (Å²) in [6.07, 6.45) is 10.2. The van der Waals surface area contributed by atoms with Gasteiger partial charge in [-0.15, -0.1) is 0 Å². The van der Waals surface area contributed by atoms with E-state index < -0.39 is 12.3 Å². The molecule has 1 atom stereocenters. The van der Waals surface area contributed by atoms with Gasteiger partial charge in [0.05, 0.1) is 42.1 Å². The number of aromatic amines is 1. The van der Waals surface area contributed by atoms with Crippen LogP contribution in [0.5, 0.6) is 11.5 Å². The first-order chi connectivity index (χ1) is 37.5. The maximum Gasteiger partial charge on any atom is 0.430 e. The largest absolute Gasteiger partial charge is 0.493 e. The number of hydrogen-bond donors (Lipinski definition) is 3. The first-order valence-corrected chi connectivity index (χ1v) is 26.8. The number of rotatable bonds is 11. The molecule has 2 aliphatic carbocycles. The number of aryl methyl sites for hydroxylation is 2. The number of benzene rings is 5. The predicted molar refractivity (Wildman–Crippen MR) is 299 cm³/mol. The highest BCUT2D eigenvalue weighted by Gasteiger charge is 2.38. The van der Waals surface area contributed by atoms with Crippen molar-refractivity contribution >= 4 is 57.5 Å². The Balaban J connectivity index is 0.000000135. The zero-order valence-electron chi connectivity index (χ0n) is 44.1. The molecule has 2 saturated carbocycles. The van der Waals surface area contributed by atoms with Crippen LogP contribution >= 0.6 is 0 Å². The molecule has 0 unspecified atom stereocenters. The molecule has 12 rings (SSSR count). The monoisotopic (exact) mass is 1040 g/mol. The molecule has 396 valence electrons. The lowest BCUT2D eigenvalue weighted by atomic mass is 9.98. The predicted octanol–water partition coefficient (Wildman–Crippen LogP) is 10.6. The Bertz CT molecular complexity index is 3350. The zero-order chi connectivity index (χ0) is 53.6. The molecule has 16 heteroatoms. The molecule has 3 aliphatic heterocycles. The lowest BCUT2D eigenvalue weighted by Crippen LogP contribution is -2.47. The summed E-state index contributed by atoms with van der Waals surface area (Å²) in [6, 6.07) is 39.4. The van der Waals surface area contributed by atoms with Gasteiger partial charge < -0.3 is 35.3 Å². The number of methoxy groups -OCH3 is 1. The van der Waals surface area contributed by atoms with Gasteiger partial charge in [-0.25, -0.2) is 9.79 Å². The topological polar surface area (TPSA) is 199 Å². The van der Waals surface area contributed by atoms with Gasteiger partial charge in [0, 0.05) is 51.9 Å². The van der Waals surface area contributed by atoms with Crippen molar-refractivity contribution in [1.29, 1.82) is 0 Å². The van der Waals surface area contributed by atoms with Crippen LogP contribution in [0.4, 0.5) is 16.2 Å². The van der Waals surface area contributed by atoms with E-state index in [0.29, 0.717) is 41.2 Å². The minimum Gasteiger partial charge on any atom is -0.493 e. The molecule has 0 radical (unpaired) electrons. The van der Waals surface area contributed by atoms with Gasteiger partial charge in [0.2, 0.25) is 6.17 Å². The maximum absolute atomic E-state index is 13.5. The molecule has 2 fully saturated rings. The lowest BCUT2D eigenvalue weighted by molar-refractivity contribution is -0.120. The number of amides is 4. The number of aromatic nitrogens is 3. The van der Waals surface area contributed by atoms with E-state index in [4.69, 9.17) is 25.3 Å². The Morgan fingerprint density at radius 1 is 0.818 bits per heavy atom. The standard InChI is InChI=1S/C26H20N4O2.C20H25N3O.C15H20N2O4/c31-25(21-15-18-9-4-5-12-20(18)27-21)29-24-26(32)30-14-13-17-10-6-11-19(23(17)30)22(28-24)16-7-2-1-3-8-16;1-3-17-16-12-13-22(18-11-7-4-8-14(18)2)20(24)19(16)23(21-17)15-9-5-6-10-15;1-10(17-21-15(16)18)11-7-8-13(19-2)14(9-11)20-12-5-3-4-6-12/h1-12,15,24,27H,13-14H2,(H,29,31);4,7-8,11,15H,3,5-6,9-10,12-13H2,1-2H3;7-9,12H,3-6H2,1-2H3,(H2,16,18)/b;;17-10+/t24-;;/m0../s1. The van der Waals surface area contributed by atoms with Gasteiger partial charge >= 0.3 is 6.09 Å². The van der Waals surface area contributed by atoms with Gasteiger partial charge in [-0.3, -0.25) is 23.9 Å². The van der Waals surface area contributed by atoms with E-state index in [9.17, 15) is 19.2 Å². The SMILES string of the molecule is CCc1nn(C2CCCC2)c2c1CCN(c1ccccc1C)C2=O.COc1ccc(/C(C)=N/OC(N)=O)cc1OC1CCCC1.O=C(N[C@@H]1N=C(c2ccccc2)c2cccc3c2N(CC3)C1=O)c1cc2ccccc2[nH]1. The first-order valence-electron chi connectivity index (χ1n) is 26.8. The van der Waals surface area contributed by atoms with E-state index in [1.807, 2.05) is 102 Å². The number of carbonyl (C=O) groups excluding carboxylic acids is 4. The fourth-order valence-electron chi connectivity index (χ4n) is 11.2. The number of anilines is 2. The van der Waals surface area contributed by atoms with Crippen LogP contribution in [-0.2, 0) is 28.9 Å². The summed E-state index contributed by atoms with van der Waals surface area (Å²) in [7, 11) is 1.60.